The van der Waals surface area contributed by atoms with Crippen LogP contribution in [0.1, 0.15) is 24.0 Å². The van der Waals surface area contributed by atoms with Crippen molar-refractivity contribution in [2.45, 2.75) is 26.7 Å². The van der Waals surface area contributed by atoms with Gasteiger partial charge in [-0.2, -0.15) is 0 Å². The predicted molar refractivity (Wildman–Crippen MR) is 158 cm³/mol. The number of rotatable bonds is 8. The Hall–Kier alpha value is -4.13. The quantitative estimate of drug-likeness (QED) is 0.145. The van der Waals surface area contributed by atoms with Gasteiger partial charge in [0.1, 0.15) is 0 Å². The van der Waals surface area contributed by atoms with Crippen molar-refractivity contribution < 1.29 is 43.6 Å². The standard InChI is InChI=1S/2C13H9F2O.2C5H5.Ti/c2*1-9-2-5-11(6-3-9)16-13-7-4-10(14)8-12(13)15;2*1-2-4-5-3-1;/h2*2-7H,1H3;2*1-3H,4H2;. The van der Waals surface area contributed by atoms with E-state index in [1.807, 2.05) is 50.3 Å². The zero-order valence-electron chi connectivity index (χ0n) is 23.6. The van der Waals surface area contributed by atoms with Gasteiger partial charge in [0.15, 0.2) is 0 Å². The summed E-state index contributed by atoms with van der Waals surface area (Å²) in [5.74, 6) is -3.42. The number of hydrogen-bond donors (Lipinski definition) is 0. The normalized spacial score (nSPS) is 14.2. The fourth-order valence-corrected chi connectivity index (χ4v) is 14.0. The molecular weight excluding hydrogens is 588 g/mol. The van der Waals surface area contributed by atoms with Crippen LogP contribution in [0.2, 0.25) is 0 Å². The Morgan fingerprint density at radius 1 is 0.535 bits per heavy atom. The number of ether oxygens (including phenoxy) is 2. The van der Waals surface area contributed by atoms with E-state index in [0.717, 1.165) is 23.3 Å². The maximum atomic E-state index is 16.8. The summed E-state index contributed by atoms with van der Waals surface area (Å²) < 4.78 is 78.5. The summed E-state index contributed by atoms with van der Waals surface area (Å²) in [5, 5.41) is 0. The zero-order valence-corrected chi connectivity index (χ0v) is 25.2. The van der Waals surface area contributed by atoms with Crippen molar-refractivity contribution in [3.05, 3.63) is 151 Å². The maximum absolute atomic E-state index is 16.8. The topological polar surface area (TPSA) is 18.5 Å². The van der Waals surface area contributed by atoms with Gasteiger partial charge in [0.2, 0.25) is 0 Å². The van der Waals surface area contributed by atoms with Crippen molar-refractivity contribution in [2.75, 3.05) is 0 Å². The van der Waals surface area contributed by atoms with E-state index >= 15 is 17.6 Å². The van der Waals surface area contributed by atoms with Crippen molar-refractivity contribution >= 4 is 7.74 Å². The van der Waals surface area contributed by atoms with Crippen LogP contribution in [-0.2, 0) is 16.6 Å². The molecule has 0 bridgehead atoms. The van der Waals surface area contributed by atoms with Crippen molar-refractivity contribution in [1.82, 2.24) is 0 Å². The van der Waals surface area contributed by atoms with E-state index in [9.17, 15) is 0 Å². The van der Waals surface area contributed by atoms with Crippen molar-refractivity contribution in [2.24, 2.45) is 0 Å². The molecule has 2 aliphatic carbocycles. The van der Waals surface area contributed by atoms with Crippen LogP contribution in [0.25, 0.3) is 0 Å². The summed E-state index contributed by atoms with van der Waals surface area (Å²) in [6, 6.07) is 18.7. The van der Waals surface area contributed by atoms with Gasteiger partial charge in [-0.1, -0.05) is 0 Å². The Morgan fingerprint density at radius 2 is 0.930 bits per heavy atom. The fourth-order valence-electron chi connectivity index (χ4n) is 5.80. The Balaban J connectivity index is 1.61. The molecule has 0 amide bonds. The van der Waals surface area contributed by atoms with Crippen LogP contribution in [0.3, 0.4) is 0 Å². The minimum atomic E-state index is -5.02. The molecule has 0 saturated heterocycles. The monoisotopic (exact) mass is 616 g/mol. The van der Waals surface area contributed by atoms with E-state index in [4.69, 9.17) is 9.47 Å². The van der Waals surface area contributed by atoms with E-state index in [2.05, 4.69) is 0 Å². The van der Waals surface area contributed by atoms with E-state index in [0.29, 0.717) is 32.1 Å². The second-order valence-corrected chi connectivity index (χ2v) is 16.6. The summed E-state index contributed by atoms with van der Waals surface area (Å²) in [6.45, 7) is 3.82. The molecule has 0 N–H and O–H groups in total. The van der Waals surface area contributed by atoms with Gasteiger partial charge in [-0.3, -0.25) is 0 Å². The first kappa shape index (κ1) is 29.0. The molecule has 43 heavy (non-hydrogen) atoms. The minimum absolute atomic E-state index is 0.221. The van der Waals surface area contributed by atoms with Gasteiger partial charge in [-0.15, -0.1) is 0 Å². The molecule has 0 radical (unpaired) electrons. The van der Waals surface area contributed by atoms with Gasteiger partial charge >= 0.3 is 252 Å². The molecule has 6 rings (SSSR count). The SMILES string of the molecule is Cc1ccc(Oc2ccc(F)[c]([Ti]([C]3=CC=CC3)([C]3=CC=CC3)[c]3c(F)ccc(Oc4ccc(C)cc4)c3F)c2F)cc1. The molecule has 0 aliphatic heterocycles. The number of halogens is 4. The number of allylic oxidation sites excluding steroid dienone is 8. The fraction of sp³-hybridized carbons (Fsp3) is 0.111. The Labute approximate surface area is 251 Å². The molecule has 4 aromatic carbocycles. The van der Waals surface area contributed by atoms with Crippen LogP contribution in [0.5, 0.6) is 23.0 Å². The van der Waals surface area contributed by atoms with Gasteiger partial charge in [0, 0.05) is 0 Å². The molecule has 0 atom stereocenters. The average molecular weight is 616 g/mol. The van der Waals surface area contributed by atoms with Crippen LogP contribution in [0.4, 0.5) is 17.6 Å². The second kappa shape index (κ2) is 11.9. The van der Waals surface area contributed by atoms with Gasteiger partial charge in [0.25, 0.3) is 0 Å². The Morgan fingerprint density at radius 3 is 1.28 bits per heavy atom. The van der Waals surface area contributed by atoms with Crippen molar-refractivity contribution in [1.29, 1.82) is 0 Å². The second-order valence-electron chi connectivity index (χ2n) is 10.7. The molecule has 0 saturated carbocycles. The summed E-state index contributed by atoms with van der Waals surface area (Å²) in [7, 11) is 0. The first-order valence-electron chi connectivity index (χ1n) is 14.0. The van der Waals surface area contributed by atoms with Gasteiger partial charge in [-0.05, 0) is 0 Å². The molecule has 0 aromatic heterocycles. The molecule has 216 valence electrons. The summed E-state index contributed by atoms with van der Waals surface area (Å²) in [4.78, 5) is 0. The molecule has 7 heteroatoms. The first-order valence-corrected chi connectivity index (χ1v) is 17.1. The zero-order chi connectivity index (χ0) is 30.1. The summed E-state index contributed by atoms with van der Waals surface area (Å²) in [5.41, 5.74) is 1.98. The van der Waals surface area contributed by atoms with Crippen LogP contribution in [0, 0.1) is 37.1 Å². The van der Waals surface area contributed by atoms with E-state index < -0.39 is 39.9 Å². The molecule has 4 aromatic rings. The summed E-state index contributed by atoms with van der Waals surface area (Å²) in [6.07, 6.45) is 11.3. The number of hydrogen-bond acceptors (Lipinski definition) is 2. The van der Waals surface area contributed by atoms with Crippen LogP contribution in [-0.4, -0.2) is 0 Å². The van der Waals surface area contributed by atoms with Crippen LogP contribution in [0.15, 0.2) is 117 Å². The number of aryl methyl sites for hydroxylation is 2. The van der Waals surface area contributed by atoms with E-state index in [-0.39, 0.29) is 19.2 Å². The van der Waals surface area contributed by atoms with Crippen molar-refractivity contribution in [3.63, 3.8) is 0 Å². The third-order valence-electron chi connectivity index (χ3n) is 7.86. The molecular formula is C36H28F4O2Ti. The number of benzene rings is 4. The molecule has 0 unspecified atom stereocenters. The van der Waals surface area contributed by atoms with Crippen LogP contribution < -0.4 is 17.2 Å². The molecule has 2 nitrogen and oxygen atoms in total. The Kier molecular flexibility index (Phi) is 8.00. The third-order valence-corrected chi connectivity index (χ3v) is 15.8. The first-order chi connectivity index (χ1) is 20.8. The Bertz CT molecular complexity index is 1680. The molecule has 0 fully saturated rings. The van der Waals surface area contributed by atoms with Gasteiger partial charge < -0.3 is 0 Å². The van der Waals surface area contributed by atoms with E-state index in [1.165, 1.54) is 12.1 Å². The van der Waals surface area contributed by atoms with E-state index in [1.54, 1.807) is 48.6 Å². The van der Waals surface area contributed by atoms with Gasteiger partial charge in [-0.25, -0.2) is 0 Å². The summed E-state index contributed by atoms with van der Waals surface area (Å²) >= 11 is -5.02. The third kappa shape index (κ3) is 5.30. The molecule has 2 aliphatic rings. The predicted octanol–water partition coefficient (Wildman–Crippen LogP) is 9.24. The average Bonchev–Trinajstić information content (AvgIpc) is 3.73. The molecule has 0 heterocycles. The molecule has 0 spiro atoms. The van der Waals surface area contributed by atoms with Crippen LogP contribution >= 0.6 is 0 Å². The van der Waals surface area contributed by atoms with Gasteiger partial charge in [0.05, 0.1) is 0 Å². The van der Waals surface area contributed by atoms with Crippen molar-refractivity contribution in [3.8, 4) is 23.0 Å².